The number of nitrogens with one attached hydrogen (secondary N) is 1. The fourth-order valence-corrected chi connectivity index (χ4v) is 8.21. The molecule has 0 aliphatic heterocycles. The molecule has 0 aromatic carbocycles. The summed E-state index contributed by atoms with van der Waals surface area (Å²) in [6.45, 7) is 24.9. The van der Waals surface area contributed by atoms with Crippen LogP contribution in [-0.4, -0.2) is 76.2 Å². The molecular formula is C36H76NO8PSSi. The van der Waals surface area contributed by atoms with Gasteiger partial charge in [-0.3, -0.25) is 13.6 Å². The Kier molecular flexibility index (Phi) is 24.9. The molecule has 0 aromatic rings. The smallest absolute Gasteiger partial charge is 0.444 e. The van der Waals surface area contributed by atoms with E-state index in [0.717, 1.165) is 12.8 Å². The van der Waals surface area contributed by atoms with Crippen LogP contribution in [0.25, 0.3) is 0 Å². The molecule has 0 spiro atoms. The Morgan fingerprint density at radius 1 is 0.729 bits per heavy atom. The predicted octanol–water partition coefficient (Wildman–Crippen LogP) is 11.3. The second kappa shape index (κ2) is 24.9. The highest BCUT2D eigenvalue weighted by molar-refractivity contribution is 7.99. The molecule has 9 nitrogen and oxygen atoms in total. The van der Waals surface area contributed by atoms with Crippen molar-refractivity contribution in [3.63, 3.8) is 0 Å². The first-order valence-corrected chi connectivity index (χ1v) is 24.1. The highest BCUT2D eigenvalue weighted by Gasteiger charge is 2.40. The van der Waals surface area contributed by atoms with Gasteiger partial charge in [0.25, 0.3) is 0 Å². The van der Waals surface area contributed by atoms with E-state index in [-0.39, 0.29) is 24.8 Å². The average Bonchev–Trinajstić information content (AvgIpc) is 2.93. The van der Waals surface area contributed by atoms with E-state index in [0.29, 0.717) is 13.2 Å². The summed E-state index contributed by atoms with van der Waals surface area (Å²) < 4.78 is 49.0. The van der Waals surface area contributed by atoms with Gasteiger partial charge in [-0.1, -0.05) is 85.5 Å². The van der Waals surface area contributed by atoms with Gasteiger partial charge in [0.05, 0.1) is 31.5 Å². The highest BCUT2D eigenvalue weighted by atomic mass is 32.2. The second-order valence-corrected chi connectivity index (χ2v) is 23.9. The van der Waals surface area contributed by atoms with Crippen LogP contribution >= 0.6 is 19.6 Å². The third-order valence-electron chi connectivity index (χ3n) is 7.86. The zero-order valence-electron chi connectivity index (χ0n) is 33.1. The van der Waals surface area contributed by atoms with Crippen molar-refractivity contribution < 1.29 is 36.8 Å². The molecule has 0 heterocycles. The van der Waals surface area contributed by atoms with E-state index in [1.165, 1.54) is 75.7 Å². The molecule has 0 radical (unpaired) electrons. The van der Waals surface area contributed by atoms with E-state index in [2.05, 4.69) is 57.9 Å². The van der Waals surface area contributed by atoms with Gasteiger partial charge >= 0.3 is 13.9 Å². The van der Waals surface area contributed by atoms with Gasteiger partial charge in [0.1, 0.15) is 5.60 Å². The van der Waals surface area contributed by atoms with Gasteiger partial charge in [0.2, 0.25) is 0 Å². The SMILES string of the molecule is CCCCCCCCSCCCCCCCCOC[C@@H](COP(=O)(OCCNC(=O)OC(C)(C)C)OC(C)(C)C)O[Si](C)(C)C(C)(C)C. The summed E-state index contributed by atoms with van der Waals surface area (Å²) in [5.74, 6) is 2.60. The average molecular weight is 742 g/mol. The summed E-state index contributed by atoms with van der Waals surface area (Å²) in [5, 5.41) is 2.58. The molecule has 0 aromatic heterocycles. The first-order valence-electron chi connectivity index (χ1n) is 18.6. The number of hydrogen-bond acceptors (Lipinski definition) is 9. The largest absolute Gasteiger partial charge is 0.475 e. The maximum absolute atomic E-state index is 13.7. The van der Waals surface area contributed by atoms with Crippen LogP contribution in [0.2, 0.25) is 18.1 Å². The number of thioether (sulfide) groups is 1. The summed E-state index contributed by atoms with van der Waals surface area (Å²) in [5.41, 5.74) is -1.40. The molecule has 0 saturated heterocycles. The van der Waals surface area contributed by atoms with Gasteiger partial charge in [-0.05, 0) is 90.4 Å². The van der Waals surface area contributed by atoms with E-state index in [9.17, 15) is 9.36 Å². The summed E-state index contributed by atoms with van der Waals surface area (Å²) in [7, 11) is -6.17. The number of phosphoric ester groups is 1. The lowest BCUT2D eigenvalue weighted by atomic mass is 10.1. The van der Waals surface area contributed by atoms with Gasteiger partial charge < -0.3 is 19.2 Å². The Bertz CT molecular complexity index is 874. The van der Waals surface area contributed by atoms with Crippen molar-refractivity contribution in [3.05, 3.63) is 0 Å². The molecule has 0 aliphatic carbocycles. The Morgan fingerprint density at radius 3 is 1.79 bits per heavy atom. The summed E-state index contributed by atoms with van der Waals surface area (Å²) in [6.07, 6.45) is 14.5. The topological polar surface area (TPSA) is 102 Å². The van der Waals surface area contributed by atoms with Gasteiger partial charge in [-0.15, -0.1) is 0 Å². The van der Waals surface area contributed by atoms with Crippen molar-refractivity contribution >= 4 is 34.0 Å². The quantitative estimate of drug-likeness (QED) is 0.0477. The Balaban J connectivity index is 4.72. The minimum Gasteiger partial charge on any atom is -0.444 e. The first kappa shape index (κ1) is 47.9. The lowest BCUT2D eigenvalue weighted by molar-refractivity contribution is -0.00748. The molecule has 1 unspecified atom stereocenters. The molecule has 2 atom stereocenters. The molecule has 48 heavy (non-hydrogen) atoms. The maximum atomic E-state index is 13.7. The van der Waals surface area contributed by atoms with Gasteiger partial charge in [0.15, 0.2) is 8.32 Å². The third kappa shape index (κ3) is 27.6. The molecule has 1 N–H and O–H groups in total. The number of hydrogen-bond donors (Lipinski definition) is 1. The number of alkyl carbamates (subject to hydrolysis) is 1. The maximum Gasteiger partial charge on any atom is 0.475 e. The summed E-state index contributed by atoms with van der Waals surface area (Å²) in [4.78, 5) is 12.0. The Morgan fingerprint density at radius 2 is 1.27 bits per heavy atom. The normalized spacial score (nSPS) is 14.9. The molecule has 0 rings (SSSR count). The minimum absolute atomic E-state index is 0.00374. The fourth-order valence-electron chi connectivity index (χ4n) is 4.35. The van der Waals surface area contributed by atoms with Crippen LogP contribution in [0.4, 0.5) is 4.79 Å². The number of unbranched alkanes of at least 4 members (excludes halogenated alkanes) is 10. The van der Waals surface area contributed by atoms with Crippen LogP contribution in [-0.2, 0) is 32.0 Å². The number of carbonyl (C=O) groups is 1. The standard InChI is InChI=1S/C36H76NO8PSSi/c1-13-14-15-16-20-23-28-47-29-24-21-18-17-19-22-26-40-30-32(44-48(11,12)36(8,9)10)31-42-46(39,45-35(5,6)7)41-27-25-37-33(38)43-34(2,3)4/h32H,13-31H2,1-12H3,(H,37,38)/t32-,46?/m0/s1. The van der Waals surface area contributed by atoms with Crippen molar-refractivity contribution in [3.8, 4) is 0 Å². The van der Waals surface area contributed by atoms with E-state index in [1.54, 1.807) is 41.5 Å². The molecule has 288 valence electrons. The second-order valence-electron chi connectivity index (χ2n) is 16.3. The highest BCUT2D eigenvalue weighted by Crippen LogP contribution is 2.52. The molecule has 1 amide bonds. The predicted molar refractivity (Wildman–Crippen MR) is 206 cm³/mol. The van der Waals surface area contributed by atoms with Crippen molar-refractivity contribution in [2.45, 2.75) is 182 Å². The zero-order chi connectivity index (χ0) is 36.7. The van der Waals surface area contributed by atoms with Crippen LogP contribution in [0.5, 0.6) is 0 Å². The summed E-state index contributed by atoms with van der Waals surface area (Å²) in [6, 6.07) is 0. The zero-order valence-corrected chi connectivity index (χ0v) is 35.8. The number of amides is 1. The van der Waals surface area contributed by atoms with E-state index >= 15 is 0 Å². The van der Waals surface area contributed by atoms with Crippen molar-refractivity contribution in [2.75, 3.05) is 44.5 Å². The van der Waals surface area contributed by atoms with Crippen molar-refractivity contribution in [1.29, 1.82) is 0 Å². The number of phosphoric acid groups is 1. The lowest BCUT2D eigenvalue weighted by Gasteiger charge is -2.39. The number of rotatable bonds is 28. The van der Waals surface area contributed by atoms with Crippen LogP contribution in [0, 0.1) is 0 Å². The summed E-state index contributed by atoms with van der Waals surface area (Å²) >= 11 is 2.12. The molecule has 0 aliphatic rings. The minimum atomic E-state index is -3.99. The molecule has 0 saturated carbocycles. The lowest BCUT2D eigenvalue weighted by Crippen LogP contribution is -2.46. The van der Waals surface area contributed by atoms with E-state index in [4.69, 9.17) is 27.5 Å². The van der Waals surface area contributed by atoms with Crippen molar-refractivity contribution in [2.24, 2.45) is 0 Å². The van der Waals surface area contributed by atoms with Crippen LogP contribution in [0.15, 0.2) is 0 Å². The monoisotopic (exact) mass is 741 g/mol. The molecular weight excluding hydrogens is 666 g/mol. The third-order valence-corrected chi connectivity index (χ3v) is 15.3. The van der Waals surface area contributed by atoms with Gasteiger partial charge in [0, 0.05) is 13.2 Å². The number of ether oxygens (including phenoxy) is 2. The van der Waals surface area contributed by atoms with Gasteiger partial charge in [-0.2, -0.15) is 11.8 Å². The molecule has 12 heteroatoms. The number of carbonyl (C=O) groups excluding carboxylic acids is 1. The fraction of sp³-hybridized carbons (Fsp3) is 0.972. The van der Waals surface area contributed by atoms with E-state index in [1.807, 2.05) is 0 Å². The first-order chi connectivity index (χ1) is 22.2. The van der Waals surface area contributed by atoms with E-state index < -0.39 is 39.5 Å². The molecule has 0 bridgehead atoms. The van der Waals surface area contributed by atoms with Crippen LogP contribution in [0.3, 0.4) is 0 Å². The van der Waals surface area contributed by atoms with Gasteiger partial charge in [-0.25, -0.2) is 9.36 Å². The van der Waals surface area contributed by atoms with Crippen molar-refractivity contribution in [1.82, 2.24) is 5.32 Å². The molecule has 0 fully saturated rings. The van der Waals surface area contributed by atoms with Crippen LogP contribution < -0.4 is 5.32 Å². The Hall–Kier alpha value is -0.133. The van der Waals surface area contributed by atoms with Crippen LogP contribution in [0.1, 0.15) is 146 Å². The Labute approximate surface area is 301 Å².